The number of unbranched alkanes of at least 4 members (excludes halogenated alkanes) is 1. The molecule has 0 amide bonds. The minimum atomic E-state index is -0.843. The van der Waals surface area contributed by atoms with Gasteiger partial charge in [-0.25, -0.2) is 0 Å². The van der Waals surface area contributed by atoms with Crippen molar-refractivity contribution < 1.29 is 14.6 Å². The van der Waals surface area contributed by atoms with Gasteiger partial charge < -0.3 is 15.2 Å². The van der Waals surface area contributed by atoms with E-state index in [0.717, 1.165) is 12.8 Å². The fourth-order valence-corrected chi connectivity index (χ4v) is 3.94. The van der Waals surface area contributed by atoms with Crippen LogP contribution < -0.4 is 5.32 Å². The van der Waals surface area contributed by atoms with Crippen LogP contribution in [0.15, 0.2) is 11.4 Å². The maximum atomic E-state index is 11.3. The zero-order valence-corrected chi connectivity index (χ0v) is 13.8. The van der Waals surface area contributed by atoms with Gasteiger partial charge in [0.1, 0.15) is 6.04 Å². The van der Waals surface area contributed by atoms with Crippen LogP contribution in [0.4, 0.5) is 0 Å². The van der Waals surface area contributed by atoms with Gasteiger partial charge in [0.25, 0.3) is 0 Å². The number of carboxylic acid groups (broad SMARTS) is 1. The van der Waals surface area contributed by atoms with E-state index in [0.29, 0.717) is 0 Å². The summed E-state index contributed by atoms with van der Waals surface area (Å²) in [6.07, 6.45) is 4.20. The summed E-state index contributed by atoms with van der Waals surface area (Å²) in [4.78, 5) is 12.5. The Bertz CT molecular complexity index is 474. The summed E-state index contributed by atoms with van der Waals surface area (Å²) in [7, 11) is 1.68. The number of carbonyl (C=O) groups is 1. The van der Waals surface area contributed by atoms with Crippen LogP contribution in [0.5, 0.6) is 0 Å². The molecule has 118 valence electrons. The molecule has 2 rings (SSSR count). The molecule has 4 nitrogen and oxygen atoms in total. The molecule has 1 aliphatic rings. The number of hydrogen-bond acceptors (Lipinski definition) is 4. The molecule has 2 unspecified atom stereocenters. The molecule has 1 aromatic rings. The number of rotatable bonds is 7. The van der Waals surface area contributed by atoms with Gasteiger partial charge in [-0.2, -0.15) is 0 Å². The summed E-state index contributed by atoms with van der Waals surface area (Å²) >= 11 is 1.74. The number of thiophene rings is 1. The van der Waals surface area contributed by atoms with E-state index in [1.165, 1.54) is 23.3 Å². The lowest BCUT2D eigenvalue weighted by Gasteiger charge is -2.22. The largest absolute Gasteiger partial charge is 0.480 e. The van der Waals surface area contributed by atoms with Gasteiger partial charge in [0.2, 0.25) is 0 Å². The van der Waals surface area contributed by atoms with Crippen molar-refractivity contribution in [1.82, 2.24) is 5.32 Å². The number of nitrogens with one attached hydrogen (secondary N) is 1. The molecule has 0 saturated carbocycles. The minimum absolute atomic E-state index is 0.0422. The number of aryl methyl sites for hydroxylation is 1. The highest BCUT2D eigenvalue weighted by Crippen LogP contribution is 2.40. The fraction of sp³-hybridized carbons (Fsp3) is 0.688. The summed E-state index contributed by atoms with van der Waals surface area (Å²) in [6.45, 7) is 4.27. The molecule has 0 aromatic carbocycles. The molecule has 0 aliphatic carbocycles. The Balaban J connectivity index is 2.03. The fourth-order valence-electron chi connectivity index (χ4n) is 2.95. The van der Waals surface area contributed by atoms with Crippen LogP contribution in [0.3, 0.4) is 0 Å². The second-order valence-corrected chi connectivity index (χ2v) is 6.81. The van der Waals surface area contributed by atoms with Crippen molar-refractivity contribution in [2.24, 2.45) is 5.92 Å². The van der Waals surface area contributed by atoms with Crippen LogP contribution in [-0.4, -0.2) is 30.3 Å². The lowest BCUT2D eigenvalue weighted by molar-refractivity contribution is -0.144. The lowest BCUT2D eigenvalue weighted by atomic mass is 9.96. The molecule has 0 spiro atoms. The molecule has 4 atom stereocenters. The highest BCUT2D eigenvalue weighted by Gasteiger charge is 2.41. The second-order valence-electron chi connectivity index (χ2n) is 5.87. The summed E-state index contributed by atoms with van der Waals surface area (Å²) in [5, 5.41) is 14.3. The van der Waals surface area contributed by atoms with Gasteiger partial charge in [0.15, 0.2) is 0 Å². The molecule has 1 aromatic heterocycles. The average molecular weight is 311 g/mol. The van der Waals surface area contributed by atoms with Gasteiger partial charge in [-0.15, -0.1) is 11.3 Å². The molecule has 0 bridgehead atoms. The van der Waals surface area contributed by atoms with E-state index >= 15 is 0 Å². The molecule has 5 heteroatoms. The zero-order valence-electron chi connectivity index (χ0n) is 13.0. The number of hydrogen-bond donors (Lipinski definition) is 2. The summed E-state index contributed by atoms with van der Waals surface area (Å²) in [6, 6.07) is 1.60. The second kappa shape index (κ2) is 7.38. The van der Waals surface area contributed by atoms with E-state index < -0.39 is 12.0 Å². The molecule has 2 N–H and O–H groups in total. The van der Waals surface area contributed by atoms with Gasteiger partial charge in [0, 0.05) is 4.88 Å². The van der Waals surface area contributed by atoms with Gasteiger partial charge in [0.05, 0.1) is 12.2 Å². The normalized spacial score (nSPS) is 26.9. The maximum absolute atomic E-state index is 11.3. The molecular weight excluding hydrogens is 286 g/mol. The van der Waals surface area contributed by atoms with Crippen molar-refractivity contribution in [1.29, 1.82) is 0 Å². The summed E-state index contributed by atoms with van der Waals surface area (Å²) < 4.78 is 6.06. The number of likely N-dealkylation sites (N-methyl/N-ethyl adjacent to an activating group) is 1. The van der Waals surface area contributed by atoms with Crippen LogP contribution in [0, 0.1) is 5.92 Å². The molecule has 1 saturated heterocycles. The smallest absolute Gasteiger partial charge is 0.323 e. The lowest BCUT2D eigenvalue weighted by Crippen LogP contribution is -2.46. The minimum Gasteiger partial charge on any atom is -0.480 e. The molecule has 2 heterocycles. The zero-order chi connectivity index (χ0) is 15.4. The Labute approximate surface area is 130 Å². The Morgan fingerprint density at radius 2 is 2.38 bits per heavy atom. The maximum Gasteiger partial charge on any atom is 0.323 e. The Kier molecular flexibility index (Phi) is 5.79. The van der Waals surface area contributed by atoms with Crippen molar-refractivity contribution in [2.75, 3.05) is 7.05 Å². The Morgan fingerprint density at radius 1 is 1.62 bits per heavy atom. The van der Waals surface area contributed by atoms with Gasteiger partial charge in [-0.3, -0.25) is 4.79 Å². The number of aliphatic carboxylic acids is 1. The average Bonchev–Trinajstić information content (AvgIpc) is 3.04. The van der Waals surface area contributed by atoms with Crippen molar-refractivity contribution >= 4 is 17.3 Å². The van der Waals surface area contributed by atoms with E-state index in [-0.39, 0.29) is 18.1 Å². The summed E-state index contributed by atoms with van der Waals surface area (Å²) in [5.41, 5.74) is 1.37. The van der Waals surface area contributed by atoms with Crippen molar-refractivity contribution in [3.8, 4) is 0 Å². The predicted octanol–water partition coefficient (Wildman–Crippen LogP) is 3.23. The molecule has 1 fully saturated rings. The monoisotopic (exact) mass is 311 g/mol. The van der Waals surface area contributed by atoms with Crippen LogP contribution >= 0.6 is 11.3 Å². The number of carboxylic acids is 1. The Hall–Kier alpha value is -0.910. The highest BCUT2D eigenvalue weighted by molar-refractivity contribution is 7.10. The van der Waals surface area contributed by atoms with Gasteiger partial charge in [-0.1, -0.05) is 20.3 Å². The van der Waals surface area contributed by atoms with Crippen molar-refractivity contribution in [2.45, 2.75) is 57.8 Å². The first-order chi connectivity index (χ1) is 10.1. The van der Waals surface area contributed by atoms with Crippen molar-refractivity contribution in [3.63, 3.8) is 0 Å². The van der Waals surface area contributed by atoms with E-state index in [2.05, 4.69) is 30.6 Å². The first-order valence-electron chi connectivity index (χ1n) is 7.69. The first-order valence-corrected chi connectivity index (χ1v) is 8.57. The highest BCUT2D eigenvalue weighted by atomic mass is 32.1. The molecule has 1 aliphatic heterocycles. The van der Waals surface area contributed by atoms with E-state index in [4.69, 9.17) is 4.74 Å². The van der Waals surface area contributed by atoms with E-state index in [1.807, 2.05) is 0 Å². The van der Waals surface area contributed by atoms with Crippen LogP contribution in [0.2, 0.25) is 0 Å². The summed E-state index contributed by atoms with van der Waals surface area (Å²) in [5.74, 6) is -0.602. The third-order valence-electron chi connectivity index (χ3n) is 4.18. The van der Waals surface area contributed by atoms with Crippen LogP contribution in [-0.2, 0) is 16.0 Å². The molecular formula is C16H25NO3S. The van der Waals surface area contributed by atoms with E-state index in [9.17, 15) is 9.90 Å². The van der Waals surface area contributed by atoms with Crippen molar-refractivity contribution in [3.05, 3.63) is 21.9 Å². The topological polar surface area (TPSA) is 58.6 Å². The van der Waals surface area contributed by atoms with Crippen LogP contribution in [0.25, 0.3) is 0 Å². The quantitative estimate of drug-likeness (QED) is 0.811. The SMILES string of the molecule is CCCCc1csc(C2C[C@@H](C)[C@H](C(NC)C(=O)O)O2)c1. The Morgan fingerprint density at radius 3 is 3.00 bits per heavy atom. The number of ether oxygens (including phenoxy) is 1. The van der Waals surface area contributed by atoms with Gasteiger partial charge in [-0.05, 0) is 49.2 Å². The van der Waals surface area contributed by atoms with E-state index in [1.54, 1.807) is 18.4 Å². The third-order valence-corrected chi connectivity index (χ3v) is 5.26. The van der Waals surface area contributed by atoms with Crippen LogP contribution in [0.1, 0.15) is 49.7 Å². The third kappa shape index (κ3) is 3.84. The van der Waals surface area contributed by atoms with Gasteiger partial charge >= 0.3 is 5.97 Å². The molecule has 0 radical (unpaired) electrons. The standard InChI is InChI=1S/C16H25NO3S/c1-4-5-6-11-8-13(21-9-11)12-7-10(2)15(20-12)14(17-3)16(18)19/h8-10,12,14-15,17H,4-7H2,1-3H3,(H,18,19)/t10-,12?,14?,15-/m1/s1. The first kappa shape index (κ1) is 16.5. The predicted molar refractivity (Wildman–Crippen MR) is 84.8 cm³/mol. The molecule has 21 heavy (non-hydrogen) atoms.